The summed E-state index contributed by atoms with van der Waals surface area (Å²) >= 11 is 13.3. The Morgan fingerprint density at radius 1 is 0.600 bits per heavy atom. The molecule has 1 atom stereocenters. The first kappa shape index (κ1) is 37.4. The van der Waals surface area contributed by atoms with Gasteiger partial charge in [-0.25, -0.2) is 0 Å². The van der Waals surface area contributed by atoms with E-state index >= 15 is 0 Å². The van der Waals surface area contributed by atoms with Gasteiger partial charge < -0.3 is 10.1 Å². The van der Waals surface area contributed by atoms with Crippen LogP contribution in [0.1, 0.15) is 134 Å². The van der Waals surface area contributed by atoms with Gasteiger partial charge in [-0.1, -0.05) is 218 Å². The van der Waals surface area contributed by atoms with Crippen LogP contribution in [0.3, 0.4) is 0 Å². The van der Waals surface area contributed by atoms with Crippen molar-refractivity contribution >= 4 is 45.4 Å². The lowest BCUT2D eigenvalue weighted by molar-refractivity contribution is -0.0775. The summed E-state index contributed by atoms with van der Waals surface area (Å²) in [4.78, 5) is 0.691. The van der Waals surface area contributed by atoms with Crippen molar-refractivity contribution in [3.05, 3.63) is 108 Å². The largest absolute Gasteiger partial charge is 0.343 e. The zero-order valence-electron chi connectivity index (χ0n) is 27.9. The van der Waals surface area contributed by atoms with E-state index in [2.05, 4.69) is 110 Å². The van der Waals surface area contributed by atoms with Gasteiger partial charge in [-0.2, -0.15) is 0 Å². The van der Waals surface area contributed by atoms with Crippen LogP contribution in [-0.2, 0) is 10.3 Å². The second kappa shape index (κ2) is 20.9. The summed E-state index contributed by atoms with van der Waals surface area (Å²) in [5.41, 5.74) is 2.31. The average molecular weight is 662 g/mol. The first-order valence-electron chi connectivity index (χ1n) is 17.3. The molecule has 5 heteroatoms. The lowest BCUT2D eigenvalue weighted by atomic mass is 9.80. The van der Waals surface area contributed by atoms with Crippen LogP contribution in [-0.4, -0.2) is 14.2 Å². The molecule has 0 aliphatic rings. The highest BCUT2D eigenvalue weighted by Crippen LogP contribution is 2.47. The van der Waals surface area contributed by atoms with Crippen LogP contribution in [0.4, 0.5) is 0 Å². The zero-order chi connectivity index (χ0) is 32.2. The molecule has 1 unspecified atom stereocenters. The van der Waals surface area contributed by atoms with Crippen LogP contribution in [0.25, 0.3) is 0 Å². The molecule has 0 radical (unpaired) electrons. The van der Waals surface area contributed by atoms with Crippen LogP contribution < -0.4 is 5.32 Å². The van der Waals surface area contributed by atoms with Gasteiger partial charge in [-0.05, 0) is 36.5 Å². The summed E-state index contributed by atoms with van der Waals surface area (Å²) in [7, 11) is 0. The topological polar surface area (TPSA) is 21.3 Å². The van der Waals surface area contributed by atoms with Crippen molar-refractivity contribution in [2.24, 2.45) is 0 Å². The van der Waals surface area contributed by atoms with Crippen molar-refractivity contribution in [3.8, 4) is 0 Å². The lowest BCUT2D eigenvalue weighted by Crippen LogP contribution is -2.52. The molecule has 0 aliphatic carbocycles. The molecule has 2 nitrogen and oxygen atoms in total. The normalized spacial score (nSPS) is 12.9. The van der Waals surface area contributed by atoms with Crippen LogP contribution in [0.2, 0.25) is 0 Å². The van der Waals surface area contributed by atoms with Gasteiger partial charge >= 0.3 is 0 Å². The minimum absolute atomic E-state index is 0.679. The third kappa shape index (κ3) is 12.2. The molecule has 3 aromatic carbocycles. The number of thioether (sulfide) groups is 1. The van der Waals surface area contributed by atoms with Crippen molar-refractivity contribution in [2.75, 3.05) is 0 Å². The zero-order valence-corrected chi connectivity index (χ0v) is 30.3. The maximum atomic E-state index is 7.51. The fourth-order valence-electron chi connectivity index (χ4n) is 6.04. The van der Waals surface area contributed by atoms with Crippen molar-refractivity contribution in [1.29, 1.82) is 0 Å². The summed E-state index contributed by atoms with van der Waals surface area (Å²) in [5.74, 6) is 0. The van der Waals surface area contributed by atoms with Crippen LogP contribution in [0.5, 0.6) is 0 Å². The van der Waals surface area contributed by atoms with E-state index in [1.165, 1.54) is 77.0 Å². The van der Waals surface area contributed by atoms with Crippen molar-refractivity contribution in [2.45, 2.75) is 128 Å². The molecule has 0 fully saturated rings. The Hall–Kier alpha value is -2.05. The number of benzene rings is 3. The summed E-state index contributed by atoms with van der Waals surface area (Å²) in [5, 5.41) is 2.73. The quantitative estimate of drug-likeness (QED) is 0.0499. The number of ether oxygens (including phenoxy) is 1. The predicted molar refractivity (Wildman–Crippen MR) is 205 cm³/mol. The number of thiocarbonyl (C=S) groups is 2. The second-order valence-electron chi connectivity index (χ2n) is 12.1. The molecule has 0 saturated heterocycles. The average Bonchev–Trinajstić information content (AvgIpc) is 3.06. The molecule has 0 aromatic heterocycles. The van der Waals surface area contributed by atoms with E-state index in [1.54, 1.807) is 11.8 Å². The molecule has 0 heterocycles. The molecular weight excluding hydrogens is 607 g/mol. The van der Waals surface area contributed by atoms with Gasteiger partial charge in [0.05, 0.1) is 9.19 Å². The van der Waals surface area contributed by atoms with E-state index in [-0.39, 0.29) is 0 Å². The third-order valence-corrected chi connectivity index (χ3v) is 10.2. The van der Waals surface area contributed by atoms with Gasteiger partial charge in [0.2, 0.25) is 0 Å². The summed E-state index contributed by atoms with van der Waals surface area (Å²) in [6.07, 6.45) is 19.1. The number of hydrogen-bond acceptors (Lipinski definition) is 4. The maximum Gasteiger partial charge on any atom is 0.194 e. The van der Waals surface area contributed by atoms with Crippen LogP contribution in [0.15, 0.2) is 91.0 Å². The minimum Gasteiger partial charge on any atom is -0.343 e. The minimum atomic E-state index is -0.879. The monoisotopic (exact) mass is 661 g/mol. The van der Waals surface area contributed by atoms with E-state index in [1.807, 2.05) is 6.92 Å². The Bertz CT molecular complexity index is 1140. The molecule has 3 aromatic rings. The van der Waals surface area contributed by atoms with Gasteiger partial charge in [0, 0.05) is 6.42 Å². The first-order chi connectivity index (χ1) is 22.0. The highest BCUT2D eigenvalue weighted by molar-refractivity contribution is 8.23. The Kier molecular flexibility index (Phi) is 17.4. The number of rotatable bonds is 22. The van der Waals surface area contributed by atoms with Crippen molar-refractivity contribution in [3.63, 3.8) is 0 Å². The Morgan fingerprint density at radius 3 is 1.33 bits per heavy atom. The molecule has 3 rings (SSSR count). The molecular formula is C40H55NOS3. The lowest BCUT2D eigenvalue weighted by Gasteiger charge is -2.45. The van der Waals surface area contributed by atoms with Crippen LogP contribution in [0, 0.1) is 0 Å². The molecule has 0 spiro atoms. The molecule has 0 saturated carbocycles. The molecule has 0 amide bonds. The van der Waals surface area contributed by atoms with E-state index < -0.39 is 10.7 Å². The molecule has 244 valence electrons. The van der Waals surface area contributed by atoms with Gasteiger partial charge in [0.25, 0.3) is 0 Å². The van der Waals surface area contributed by atoms with E-state index in [4.69, 9.17) is 29.2 Å². The van der Waals surface area contributed by atoms with Gasteiger partial charge in [0.15, 0.2) is 5.06 Å². The maximum absolute atomic E-state index is 7.51. The Balaban J connectivity index is 1.69. The molecule has 1 N–H and O–H groups in total. The fraction of sp³-hybridized carbons (Fsp3) is 0.500. The first-order valence-corrected chi connectivity index (χ1v) is 19.0. The second-order valence-corrected chi connectivity index (χ2v) is 14.9. The van der Waals surface area contributed by atoms with Gasteiger partial charge in [-0.15, -0.1) is 0 Å². The smallest absolute Gasteiger partial charge is 0.194 e. The van der Waals surface area contributed by atoms with Crippen LogP contribution >= 0.6 is 36.2 Å². The summed E-state index contributed by atoms with van der Waals surface area (Å²) in [6, 6.07) is 31.6. The van der Waals surface area contributed by atoms with E-state index in [0.29, 0.717) is 11.4 Å². The number of unbranched alkanes of at least 4 members (excludes halogenated alkanes) is 12. The fourth-order valence-corrected chi connectivity index (χ4v) is 7.94. The standard InChI is InChI=1S/C40H55NOS3/c1-4-6-7-8-9-10-11-12-13-14-15-16-26-33-38(44)45-39(5-2,41-34(3)43)42-40(35-27-20-17-21-28-35,36-29-22-18-23-30-36)37-31-24-19-25-32-37/h17-25,27-32H,4-16,26,33H2,1-3H3,(H,41,43). The predicted octanol–water partition coefficient (Wildman–Crippen LogP) is 12.5. The highest BCUT2D eigenvalue weighted by atomic mass is 32.2. The highest BCUT2D eigenvalue weighted by Gasteiger charge is 2.46. The number of hydrogen-bond donors (Lipinski definition) is 1. The van der Waals surface area contributed by atoms with Crippen molar-refractivity contribution < 1.29 is 4.74 Å². The molecule has 0 aliphatic heterocycles. The van der Waals surface area contributed by atoms with E-state index in [0.717, 1.165) is 33.7 Å². The molecule has 0 bridgehead atoms. The summed E-state index contributed by atoms with van der Waals surface area (Å²) in [6.45, 7) is 6.36. The Labute approximate surface area is 289 Å². The Morgan fingerprint density at radius 2 is 0.978 bits per heavy atom. The van der Waals surface area contributed by atoms with Gasteiger partial charge in [0.1, 0.15) is 5.60 Å². The van der Waals surface area contributed by atoms with Crippen molar-refractivity contribution in [1.82, 2.24) is 5.32 Å². The third-order valence-electron chi connectivity index (χ3n) is 8.45. The molecule has 45 heavy (non-hydrogen) atoms. The van der Waals surface area contributed by atoms with E-state index in [9.17, 15) is 0 Å². The summed E-state index contributed by atoms with van der Waals surface area (Å²) < 4.78 is 8.48. The SMILES string of the molecule is CCCCCCCCCCCCCCCC(=S)SC(CC)(NC(C)=S)OC(c1ccccc1)(c1ccccc1)c1ccccc1. The van der Waals surface area contributed by atoms with Gasteiger partial charge in [-0.3, -0.25) is 0 Å². The number of nitrogens with one attached hydrogen (secondary N) is 1.